The first kappa shape index (κ1) is 20.8. The fourth-order valence-corrected chi connectivity index (χ4v) is 5.22. The number of hydrogen-bond donors (Lipinski definition) is 1. The first-order valence-electron chi connectivity index (χ1n) is 10.5. The lowest BCUT2D eigenvalue weighted by molar-refractivity contribution is 0.596. The molecule has 0 radical (unpaired) electrons. The van der Waals surface area contributed by atoms with E-state index in [0.717, 1.165) is 27.7 Å². The average Bonchev–Trinajstić information content (AvgIpc) is 3.21. The molecule has 0 saturated heterocycles. The van der Waals surface area contributed by atoms with Gasteiger partial charge in [-0.05, 0) is 43.3 Å². The fourth-order valence-electron chi connectivity index (χ4n) is 3.81. The first-order valence-corrected chi connectivity index (χ1v) is 12.0. The standard InChI is InChI=1S/C27H21N3O2S/c1-19-16-17-23-22(18-19)27(26(28-23)20-10-4-2-5-11-20)30-29-24-14-8-9-15-25(24)33(31,32)21-12-6-3-7-13-21/h2-18,28H,1H3. The summed E-state index contributed by atoms with van der Waals surface area (Å²) in [5.74, 6) is 0. The van der Waals surface area contributed by atoms with Crippen LogP contribution in [-0.4, -0.2) is 13.4 Å². The van der Waals surface area contributed by atoms with Gasteiger partial charge in [-0.25, -0.2) is 8.42 Å². The van der Waals surface area contributed by atoms with E-state index in [1.807, 2.05) is 49.4 Å². The SMILES string of the molecule is Cc1ccc2[nH]c(-c3ccccc3)c(N=Nc3ccccc3S(=O)(=O)c3ccccc3)c2c1. The van der Waals surface area contributed by atoms with E-state index in [4.69, 9.17) is 0 Å². The summed E-state index contributed by atoms with van der Waals surface area (Å²) < 4.78 is 26.5. The van der Waals surface area contributed by atoms with Crippen LogP contribution < -0.4 is 0 Å². The summed E-state index contributed by atoms with van der Waals surface area (Å²) >= 11 is 0. The third-order valence-electron chi connectivity index (χ3n) is 5.46. The van der Waals surface area contributed by atoms with E-state index >= 15 is 0 Å². The summed E-state index contributed by atoms with van der Waals surface area (Å²) in [6.07, 6.45) is 0. The number of aryl methyl sites for hydroxylation is 1. The van der Waals surface area contributed by atoms with Gasteiger partial charge in [-0.15, -0.1) is 10.2 Å². The number of fused-ring (bicyclic) bond motifs is 1. The number of benzene rings is 4. The monoisotopic (exact) mass is 451 g/mol. The van der Waals surface area contributed by atoms with E-state index in [1.165, 1.54) is 0 Å². The van der Waals surface area contributed by atoms with Crippen molar-refractivity contribution in [1.82, 2.24) is 4.98 Å². The summed E-state index contributed by atoms with van der Waals surface area (Å²) in [6.45, 7) is 2.03. The first-order chi connectivity index (χ1) is 16.0. The van der Waals surface area contributed by atoms with Gasteiger partial charge in [0.25, 0.3) is 0 Å². The molecular weight excluding hydrogens is 430 g/mol. The van der Waals surface area contributed by atoms with Crippen molar-refractivity contribution >= 4 is 32.1 Å². The topological polar surface area (TPSA) is 74.7 Å². The maximum absolute atomic E-state index is 13.3. The lowest BCUT2D eigenvalue weighted by atomic mass is 10.1. The maximum atomic E-state index is 13.3. The second kappa shape index (κ2) is 8.48. The quantitative estimate of drug-likeness (QED) is 0.283. The smallest absolute Gasteiger partial charge is 0.208 e. The Morgan fingerprint density at radius 3 is 2.15 bits per heavy atom. The zero-order valence-electron chi connectivity index (χ0n) is 17.9. The van der Waals surface area contributed by atoms with Gasteiger partial charge in [-0.3, -0.25) is 0 Å². The minimum Gasteiger partial charge on any atom is -0.353 e. The molecule has 0 aliphatic rings. The van der Waals surface area contributed by atoms with Gasteiger partial charge in [0.05, 0.1) is 15.5 Å². The number of aromatic amines is 1. The molecular formula is C27H21N3O2S. The second-order valence-corrected chi connectivity index (χ2v) is 9.67. The van der Waals surface area contributed by atoms with Crippen LogP contribution in [0.2, 0.25) is 0 Å². The highest BCUT2D eigenvalue weighted by Gasteiger charge is 2.21. The summed E-state index contributed by atoms with van der Waals surface area (Å²) in [4.78, 5) is 3.79. The minimum atomic E-state index is -3.73. The van der Waals surface area contributed by atoms with Crippen molar-refractivity contribution in [3.8, 4) is 11.3 Å². The Hall–Kier alpha value is -4.03. The average molecular weight is 452 g/mol. The van der Waals surface area contributed by atoms with Gasteiger partial charge < -0.3 is 4.98 Å². The molecule has 0 fully saturated rings. The third kappa shape index (κ3) is 3.97. The normalized spacial score (nSPS) is 11.9. The Bertz CT molecular complexity index is 1570. The lowest BCUT2D eigenvalue weighted by Gasteiger charge is -2.07. The molecule has 33 heavy (non-hydrogen) atoms. The van der Waals surface area contributed by atoms with Crippen molar-refractivity contribution in [1.29, 1.82) is 0 Å². The highest BCUT2D eigenvalue weighted by molar-refractivity contribution is 7.91. The molecule has 0 amide bonds. The Morgan fingerprint density at radius 1 is 0.727 bits per heavy atom. The zero-order valence-corrected chi connectivity index (χ0v) is 18.8. The van der Waals surface area contributed by atoms with E-state index in [9.17, 15) is 8.42 Å². The number of aromatic nitrogens is 1. The van der Waals surface area contributed by atoms with Crippen LogP contribution in [0.25, 0.3) is 22.2 Å². The van der Waals surface area contributed by atoms with Crippen LogP contribution in [0.4, 0.5) is 11.4 Å². The van der Waals surface area contributed by atoms with E-state index in [1.54, 1.807) is 54.6 Å². The van der Waals surface area contributed by atoms with Gasteiger partial charge in [0.2, 0.25) is 9.84 Å². The molecule has 1 N–H and O–H groups in total. The summed E-state index contributed by atoms with van der Waals surface area (Å²) in [7, 11) is -3.73. The molecule has 0 aliphatic carbocycles. The molecule has 5 nitrogen and oxygen atoms in total. The van der Waals surface area contributed by atoms with Crippen LogP contribution in [0, 0.1) is 6.92 Å². The van der Waals surface area contributed by atoms with Crippen molar-refractivity contribution in [2.24, 2.45) is 10.2 Å². The highest BCUT2D eigenvalue weighted by atomic mass is 32.2. The van der Waals surface area contributed by atoms with Crippen molar-refractivity contribution in [2.45, 2.75) is 16.7 Å². The Labute approximate surface area is 192 Å². The number of nitrogens with zero attached hydrogens (tertiary/aromatic N) is 2. The van der Waals surface area contributed by atoms with Crippen LogP contribution in [-0.2, 0) is 9.84 Å². The van der Waals surface area contributed by atoms with Gasteiger partial charge in [0, 0.05) is 16.5 Å². The molecule has 6 heteroatoms. The van der Waals surface area contributed by atoms with E-state index < -0.39 is 9.84 Å². The summed E-state index contributed by atoms with van der Waals surface area (Å²) in [5.41, 5.74) is 4.83. The lowest BCUT2D eigenvalue weighted by Crippen LogP contribution is -2.01. The predicted octanol–water partition coefficient (Wildman–Crippen LogP) is 7.39. The number of nitrogens with one attached hydrogen (secondary N) is 1. The Kier molecular flexibility index (Phi) is 5.36. The van der Waals surface area contributed by atoms with E-state index in [2.05, 4.69) is 21.3 Å². The number of rotatable bonds is 5. The molecule has 162 valence electrons. The fraction of sp³-hybridized carbons (Fsp3) is 0.0370. The number of azo groups is 1. The Balaban J connectivity index is 1.66. The maximum Gasteiger partial charge on any atom is 0.208 e. The molecule has 0 atom stereocenters. The molecule has 4 aromatic carbocycles. The van der Waals surface area contributed by atoms with Gasteiger partial charge in [-0.2, -0.15) is 0 Å². The van der Waals surface area contributed by atoms with Gasteiger partial charge in [0.1, 0.15) is 11.4 Å². The van der Waals surface area contributed by atoms with Crippen LogP contribution in [0.15, 0.2) is 123 Å². The van der Waals surface area contributed by atoms with Crippen molar-refractivity contribution in [2.75, 3.05) is 0 Å². The summed E-state index contributed by atoms with van der Waals surface area (Å²) in [5, 5.41) is 9.94. The largest absolute Gasteiger partial charge is 0.353 e. The predicted molar refractivity (Wildman–Crippen MR) is 131 cm³/mol. The van der Waals surface area contributed by atoms with Crippen molar-refractivity contribution in [3.63, 3.8) is 0 Å². The third-order valence-corrected chi connectivity index (χ3v) is 7.27. The number of sulfone groups is 1. The van der Waals surface area contributed by atoms with Gasteiger partial charge in [-0.1, -0.05) is 72.3 Å². The number of H-pyrrole nitrogens is 1. The summed E-state index contributed by atoms with van der Waals surface area (Å²) in [6, 6.07) is 31.1. The molecule has 0 aliphatic heterocycles. The molecule has 0 bridgehead atoms. The molecule has 1 aromatic heterocycles. The molecule has 5 rings (SSSR count). The molecule has 0 unspecified atom stereocenters. The van der Waals surface area contributed by atoms with E-state index in [0.29, 0.717) is 11.4 Å². The van der Waals surface area contributed by atoms with Crippen molar-refractivity contribution < 1.29 is 8.42 Å². The second-order valence-electron chi connectivity index (χ2n) is 7.75. The Morgan fingerprint density at radius 2 is 1.39 bits per heavy atom. The van der Waals surface area contributed by atoms with Crippen LogP contribution >= 0.6 is 0 Å². The minimum absolute atomic E-state index is 0.122. The number of hydrogen-bond acceptors (Lipinski definition) is 4. The van der Waals surface area contributed by atoms with Crippen LogP contribution in [0.1, 0.15) is 5.56 Å². The van der Waals surface area contributed by atoms with Crippen LogP contribution in [0.3, 0.4) is 0 Å². The zero-order chi connectivity index (χ0) is 22.8. The molecule has 0 saturated carbocycles. The molecule has 5 aromatic rings. The van der Waals surface area contributed by atoms with Gasteiger partial charge >= 0.3 is 0 Å². The van der Waals surface area contributed by atoms with Crippen molar-refractivity contribution in [3.05, 3.63) is 109 Å². The highest BCUT2D eigenvalue weighted by Crippen LogP contribution is 2.39. The van der Waals surface area contributed by atoms with Crippen LogP contribution in [0.5, 0.6) is 0 Å². The van der Waals surface area contributed by atoms with Gasteiger partial charge in [0.15, 0.2) is 0 Å². The molecule has 0 spiro atoms. The van der Waals surface area contributed by atoms with E-state index in [-0.39, 0.29) is 9.79 Å². The molecule has 1 heterocycles.